The molecule has 2 fully saturated rings. The lowest BCUT2D eigenvalue weighted by Gasteiger charge is -2.33. The molecule has 18 heavy (non-hydrogen) atoms. The van der Waals surface area contributed by atoms with Crippen LogP contribution in [-0.4, -0.2) is 43.2 Å². The third-order valence-electron chi connectivity index (χ3n) is 4.31. The van der Waals surface area contributed by atoms with E-state index in [0.29, 0.717) is 5.41 Å². The molecule has 0 aromatic carbocycles. The molecular weight excluding hydrogens is 252 g/mol. The zero-order valence-corrected chi connectivity index (χ0v) is 12.2. The highest BCUT2D eigenvalue weighted by Gasteiger charge is 2.41. The van der Waals surface area contributed by atoms with Crippen molar-refractivity contribution in [1.29, 1.82) is 0 Å². The third-order valence-corrected chi connectivity index (χ3v) is 4.31. The minimum absolute atomic E-state index is 0. The summed E-state index contributed by atoms with van der Waals surface area (Å²) in [5.41, 5.74) is 6.27. The van der Waals surface area contributed by atoms with Gasteiger partial charge in [0.2, 0.25) is 5.91 Å². The van der Waals surface area contributed by atoms with Gasteiger partial charge >= 0.3 is 0 Å². The van der Waals surface area contributed by atoms with E-state index in [1.807, 2.05) is 18.7 Å². The minimum Gasteiger partial charge on any atom is -0.381 e. The van der Waals surface area contributed by atoms with Gasteiger partial charge in [-0.3, -0.25) is 4.79 Å². The summed E-state index contributed by atoms with van der Waals surface area (Å²) < 4.78 is 5.41. The van der Waals surface area contributed by atoms with Crippen LogP contribution in [0.4, 0.5) is 0 Å². The first-order valence-electron chi connectivity index (χ1n) is 6.66. The smallest absolute Gasteiger partial charge is 0.239 e. The van der Waals surface area contributed by atoms with E-state index in [4.69, 9.17) is 10.5 Å². The number of halogens is 1. The number of nitrogens with zero attached hydrogens (tertiary/aromatic N) is 1. The van der Waals surface area contributed by atoms with E-state index in [1.54, 1.807) is 0 Å². The molecule has 1 atom stereocenters. The molecule has 0 bridgehead atoms. The van der Waals surface area contributed by atoms with Gasteiger partial charge in [0.1, 0.15) is 0 Å². The molecule has 4 nitrogen and oxygen atoms in total. The Balaban J connectivity index is 0.00000162. The van der Waals surface area contributed by atoms with Gasteiger partial charge in [0.25, 0.3) is 0 Å². The first-order valence-corrected chi connectivity index (χ1v) is 6.66. The molecule has 2 heterocycles. The maximum atomic E-state index is 12.2. The quantitative estimate of drug-likeness (QED) is 0.830. The highest BCUT2D eigenvalue weighted by molar-refractivity contribution is 5.85. The van der Waals surface area contributed by atoms with Crippen molar-refractivity contribution in [2.45, 2.75) is 39.2 Å². The second-order valence-corrected chi connectivity index (χ2v) is 5.89. The average molecular weight is 277 g/mol. The summed E-state index contributed by atoms with van der Waals surface area (Å²) in [5.74, 6) is 0.345. The lowest BCUT2D eigenvalue weighted by atomic mass is 9.80. The van der Waals surface area contributed by atoms with Gasteiger partial charge in [-0.25, -0.2) is 0 Å². The van der Waals surface area contributed by atoms with Crippen molar-refractivity contribution in [2.75, 3.05) is 26.3 Å². The van der Waals surface area contributed by atoms with Crippen LogP contribution in [-0.2, 0) is 9.53 Å². The van der Waals surface area contributed by atoms with Crippen molar-refractivity contribution in [2.24, 2.45) is 17.1 Å². The molecule has 0 aromatic rings. The highest BCUT2D eigenvalue weighted by Crippen LogP contribution is 2.39. The maximum Gasteiger partial charge on any atom is 0.239 e. The fourth-order valence-electron chi connectivity index (χ4n) is 2.83. The number of rotatable bonds is 2. The number of hydrogen-bond donors (Lipinski definition) is 1. The van der Waals surface area contributed by atoms with Crippen LogP contribution in [0.2, 0.25) is 0 Å². The number of hydrogen-bond acceptors (Lipinski definition) is 3. The Bertz CT molecular complexity index is 291. The number of amides is 1. The van der Waals surface area contributed by atoms with Crippen molar-refractivity contribution in [3.63, 3.8) is 0 Å². The van der Waals surface area contributed by atoms with Gasteiger partial charge in [-0.1, -0.05) is 13.8 Å². The molecule has 2 saturated heterocycles. The van der Waals surface area contributed by atoms with Crippen LogP contribution in [0.25, 0.3) is 0 Å². The Hall–Kier alpha value is -0.320. The predicted molar refractivity (Wildman–Crippen MR) is 73.7 cm³/mol. The van der Waals surface area contributed by atoms with E-state index in [2.05, 4.69) is 0 Å². The van der Waals surface area contributed by atoms with Crippen molar-refractivity contribution >= 4 is 18.3 Å². The van der Waals surface area contributed by atoms with Gasteiger partial charge in [-0.2, -0.15) is 0 Å². The van der Waals surface area contributed by atoms with E-state index in [0.717, 1.165) is 45.6 Å². The Morgan fingerprint density at radius 1 is 1.28 bits per heavy atom. The number of likely N-dealkylation sites (tertiary alicyclic amines) is 1. The number of carbonyl (C=O) groups excluding carboxylic acids is 1. The van der Waals surface area contributed by atoms with Crippen LogP contribution in [0.5, 0.6) is 0 Å². The van der Waals surface area contributed by atoms with Crippen LogP contribution >= 0.6 is 12.4 Å². The summed E-state index contributed by atoms with van der Waals surface area (Å²) in [6.45, 7) is 7.46. The van der Waals surface area contributed by atoms with Crippen molar-refractivity contribution < 1.29 is 9.53 Å². The molecule has 1 spiro atoms. The molecule has 106 valence electrons. The van der Waals surface area contributed by atoms with E-state index < -0.39 is 0 Å². The zero-order valence-electron chi connectivity index (χ0n) is 11.4. The fourth-order valence-corrected chi connectivity index (χ4v) is 2.83. The molecule has 1 amide bonds. The number of ether oxygens (including phenoxy) is 1. The van der Waals surface area contributed by atoms with Crippen molar-refractivity contribution in [3.8, 4) is 0 Å². The van der Waals surface area contributed by atoms with Crippen molar-refractivity contribution in [3.05, 3.63) is 0 Å². The van der Waals surface area contributed by atoms with Crippen LogP contribution in [0.3, 0.4) is 0 Å². The molecule has 0 unspecified atom stereocenters. The predicted octanol–water partition coefficient (Wildman–Crippen LogP) is 1.42. The maximum absolute atomic E-state index is 12.2. The van der Waals surface area contributed by atoms with E-state index in [-0.39, 0.29) is 30.3 Å². The summed E-state index contributed by atoms with van der Waals surface area (Å²) in [4.78, 5) is 14.2. The average Bonchev–Trinajstić information content (AvgIpc) is 2.72. The van der Waals surface area contributed by atoms with Gasteiger partial charge < -0.3 is 15.4 Å². The Kier molecular flexibility index (Phi) is 5.44. The molecule has 0 saturated carbocycles. The molecule has 2 aliphatic rings. The first-order chi connectivity index (χ1) is 8.04. The Morgan fingerprint density at radius 2 is 1.89 bits per heavy atom. The second-order valence-electron chi connectivity index (χ2n) is 5.89. The molecule has 2 rings (SSSR count). The van der Waals surface area contributed by atoms with Crippen LogP contribution < -0.4 is 5.73 Å². The Morgan fingerprint density at radius 3 is 2.44 bits per heavy atom. The fraction of sp³-hybridized carbons (Fsp3) is 0.923. The van der Waals surface area contributed by atoms with Gasteiger partial charge in [-0.15, -0.1) is 12.4 Å². The number of nitrogens with two attached hydrogens (primary N) is 1. The van der Waals surface area contributed by atoms with E-state index >= 15 is 0 Å². The molecule has 5 heteroatoms. The monoisotopic (exact) mass is 276 g/mol. The lowest BCUT2D eigenvalue weighted by Crippen LogP contribution is -2.46. The van der Waals surface area contributed by atoms with Crippen LogP contribution in [0, 0.1) is 11.3 Å². The summed E-state index contributed by atoms with van der Waals surface area (Å²) in [6.07, 6.45) is 3.30. The molecular formula is C13H25ClN2O2. The topological polar surface area (TPSA) is 55.6 Å². The standard InChI is InChI=1S/C13H24N2O2.ClH/c1-10(2)11(14)12(16)15-6-3-13(9-15)4-7-17-8-5-13;/h10-11H,3-9,14H2,1-2H3;1H/t11-;/m1./s1. The van der Waals surface area contributed by atoms with Gasteiger partial charge in [-0.05, 0) is 30.6 Å². The SMILES string of the molecule is CC(C)[C@@H](N)C(=O)N1CCC2(CCOCC2)C1.Cl. The van der Waals surface area contributed by atoms with Gasteiger partial charge in [0, 0.05) is 26.3 Å². The minimum atomic E-state index is -0.343. The molecule has 0 aromatic heterocycles. The largest absolute Gasteiger partial charge is 0.381 e. The zero-order chi connectivity index (χ0) is 12.5. The summed E-state index contributed by atoms with van der Waals surface area (Å²) in [7, 11) is 0. The lowest BCUT2D eigenvalue weighted by molar-refractivity contribution is -0.133. The van der Waals surface area contributed by atoms with Crippen LogP contribution in [0.1, 0.15) is 33.1 Å². The molecule has 0 radical (unpaired) electrons. The highest BCUT2D eigenvalue weighted by atomic mass is 35.5. The van der Waals surface area contributed by atoms with Gasteiger partial charge in [0.15, 0.2) is 0 Å². The Labute approximate surface area is 116 Å². The summed E-state index contributed by atoms with van der Waals surface area (Å²) in [6, 6.07) is -0.343. The van der Waals surface area contributed by atoms with E-state index in [9.17, 15) is 4.79 Å². The molecule has 2 aliphatic heterocycles. The third kappa shape index (κ3) is 3.16. The molecule has 0 aliphatic carbocycles. The first kappa shape index (κ1) is 15.7. The normalized spacial score (nSPS) is 24.1. The van der Waals surface area contributed by atoms with Gasteiger partial charge in [0.05, 0.1) is 6.04 Å². The van der Waals surface area contributed by atoms with Crippen LogP contribution in [0.15, 0.2) is 0 Å². The van der Waals surface area contributed by atoms with E-state index in [1.165, 1.54) is 0 Å². The molecule has 2 N–H and O–H groups in total. The summed E-state index contributed by atoms with van der Waals surface area (Å²) >= 11 is 0. The second kappa shape index (κ2) is 6.22. The van der Waals surface area contributed by atoms with Crippen molar-refractivity contribution in [1.82, 2.24) is 4.90 Å². The summed E-state index contributed by atoms with van der Waals surface area (Å²) in [5, 5.41) is 0. The number of carbonyl (C=O) groups is 1.